The van der Waals surface area contributed by atoms with Crippen molar-refractivity contribution in [2.75, 3.05) is 0 Å². The second-order valence-electron chi connectivity index (χ2n) is 4.31. The van der Waals surface area contributed by atoms with Crippen LogP contribution in [0.2, 0.25) is 0 Å². The molecule has 0 spiro atoms. The van der Waals surface area contributed by atoms with Gasteiger partial charge >= 0.3 is 5.97 Å². The Balaban J connectivity index is 0. The molecule has 0 aliphatic carbocycles. The summed E-state index contributed by atoms with van der Waals surface area (Å²) in [5.41, 5.74) is 0. The van der Waals surface area contributed by atoms with Crippen LogP contribution in [-0.2, 0) is 4.79 Å². The zero-order valence-electron chi connectivity index (χ0n) is 11.1. The molecular weight excluding hydrogens is 340 g/mol. The molecule has 3 heteroatoms. The number of unbranched alkanes of at least 4 members (excludes halogenated alkanes) is 7. The number of aliphatic carboxylic acids is 1. The Morgan fingerprint density at radius 2 is 1.47 bits per heavy atom. The molecule has 0 heterocycles. The zero-order chi connectivity index (χ0) is 12.1. The molecule has 0 aromatic carbocycles. The summed E-state index contributed by atoms with van der Waals surface area (Å²) in [6, 6.07) is 0. The molecule has 2 nitrogen and oxygen atoms in total. The molecule has 0 atom stereocenters. The number of hydrogen-bond acceptors (Lipinski definition) is 1. The van der Waals surface area contributed by atoms with Crippen LogP contribution < -0.4 is 0 Å². The van der Waals surface area contributed by atoms with Crippen LogP contribution in [0.3, 0.4) is 0 Å². The fourth-order valence-electron chi connectivity index (χ4n) is 1.63. The van der Waals surface area contributed by atoms with E-state index in [1.54, 1.807) is 0 Å². The molecule has 0 bridgehead atoms. The van der Waals surface area contributed by atoms with Crippen molar-refractivity contribution in [3.63, 3.8) is 0 Å². The quantitative estimate of drug-likeness (QED) is 0.430. The van der Waals surface area contributed by atoms with Crippen LogP contribution in [0, 0.1) is 41.7 Å². The first-order chi connectivity index (χ1) is 7.77. The third-order valence-electron chi connectivity index (χ3n) is 2.65. The van der Waals surface area contributed by atoms with E-state index >= 15 is 0 Å². The Morgan fingerprint density at radius 1 is 0.941 bits per heavy atom. The van der Waals surface area contributed by atoms with Gasteiger partial charge in [-0.3, -0.25) is 4.79 Å². The molecular formula is C14H26CeO2. The normalized spacial score (nSPS) is 10.4. The molecule has 0 aliphatic rings. The van der Waals surface area contributed by atoms with Gasteiger partial charge in [0.1, 0.15) is 0 Å². The van der Waals surface area contributed by atoms with Crippen molar-refractivity contribution in [1.82, 2.24) is 0 Å². The smallest absolute Gasteiger partial charge is 0.303 e. The Bertz CT molecular complexity index is 191. The van der Waals surface area contributed by atoms with Crippen molar-refractivity contribution in [2.45, 2.75) is 71.1 Å². The third-order valence-corrected chi connectivity index (χ3v) is 2.65. The van der Waals surface area contributed by atoms with E-state index in [1.165, 1.54) is 44.9 Å². The van der Waals surface area contributed by atoms with Crippen LogP contribution in [0.1, 0.15) is 71.1 Å². The molecule has 1 N–H and O–H groups in total. The van der Waals surface area contributed by atoms with Gasteiger partial charge in [-0.25, -0.2) is 0 Å². The minimum Gasteiger partial charge on any atom is -0.481 e. The van der Waals surface area contributed by atoms with Crippen molar-refractivity contribution in [1.29, 1.82) is 0 Å². The molecule has 0 aromatic heterocycles. The van der Waals surface area contributed by atoms with Crippen LogP contribution >= 0.6 is 0 Å². The molecule has 0 unspecified atom stereocenters. The summed E-state index contributed by atoms with van der Waals surface area (Å²) in [7, 11) is 0. The molecule has 0 aromatic rings. The molecule has 17 heavy (non-hydrogen) atoms. The maximum absolute atomic E-state index is 10.3. The summed E-state index contributed by atoms with van der Waals surface area (Å²) in [4.78, 5) is 10.3. The molecule has 0 saturated carbocycles. The summed E-state index contributed by atoms with van der Waals surface area (Å²) < 4.78 is 0. The number of carboxylic acids is 1. The van der Waals surface area contributed by atoms with Gasteiger partial charge in [0, 0.05) is 48.2 Å². The van der Waals surface area contributed by atoms with E-state index in [-0.39, 0.29) is 41.7 Å². The van der Waals surface area contributed by atoms with Gasteiger partial charge in [-0.05, 0) is 25.7 Å². The average molecular weight is 366 g/mol. The molecule has 0 radical (unpaired) electrons. The van der Waals surface area contributed by atoms with Gasteiger partial charge in [-0.2, -0.15) is 0 Å². The fraction of sp³-hybridized carbons (Fsp3) is 0.786. The van der Waals surface area contributed by atoms with Crippen LogP contribution in [0.4, 0.5) is 0 Å². The summed E-state index contributed by atoms with van der Waals surface area (Å²) >= 11 is 0. The minimum absolute atomic E-state index is 0. The standard InChI is InChI=1S/C14H26O2.Ce/c1-2-3-4-5-6-7-8-9-10-11-12-13-14(15)16;/h5-6H,2-4,7-13H2,1H3,(H,15,16);/b6-5-;. The molecule has 98 valence electrons. The van der Waals surface area contributed by atoms with Crippen molar-refractivity contribution < 1.29 is 51.6 Å². The van der Waals surface area contributed by atoms with Crippen LogP contribution in [0.5, 0.6) is 0 Å². The van der Waals surface area contributed by atoms with Crippen LogP contribution in [0.15, 0.2) is 12.2 Å². The maximum Gasteiger partial charge on any atom is 0.303 e. The van der Waals surface area contributed by atoms with Crippen molar-refractivity contribution in [2.24, 2.45) is 0 Å². The largest absolute Gasteiger partial charge is 0.481 e. The van der Waals surface area contributed by atoms with E-state index < -0.39 is 5.97 Å². The Kier molecular flexibility index (Phi) is 19.4. The first-order valence-electron chi connectivity index (χ1n) is 6.64. The first kappa shape index (κ1) is 19.9. The molecule has 0 aliphatic heterocycles. The van der Waals surface area contributed by atoms with Crippen molar-refractivity contribution >= 4 is 5.97 Å². The second-order valence-corrected chi connectivity index (χ2v) is 4.31. The zero-order valence-corrected chi connectivity index (χ0v) is 14.2. The van der Waals surface area contributed by atoms with E-state index in [0.717, 1.165) is 12.8 Å². The molecule has 0 fully saturated rings. The average Bonchev–Trinajstić information content (AvgIpc) is 2.25. The number of rotatable bonds is 11. The van der Waals surface area contributed by atoms with Gasteiger partial charge in [0.05, 0.1) is 0 Å². The Morgan fingerprint density at radius 3 is 2.06 bits per heavy atom. The second kappa shape index (κ2) is 16.6. The van der Waals surface area contributed by atoms with Gasteiger partial charge in [0.25, 0.3) is 0 Å². The van der Waals surface area contributed by atoms with E-state index in [1.807, 2.05) is 0 Å². The molecule has 0 rings (SSSR count). The first-order valence-corrected chi connectivity index (χ1v) is 6.64. The van der Waals surface area contributed by atoms with E-state index in [9.17, 15) is 4.79 Å². The number of carboxylic acid groups (broad SMARTS) is 1. The van der Waals surface area contributed by atoms with Crippen LogP contribution in [-0.4, -0.2) is 11.1 Å². The minimum atomic E-state index is -0.668. The topological polar surface area (TPSA) is 37.3 Å². The summed E-state index contributed by atoms with van der Waals surface area (Å²) in [5, 5.41) is 8.45. The van der Waals surface area contributed by atoms with Gasteiger partial charge < -0.3 is 5.11 Å². The Labute approximate surface area is 140 Å². The number of allylic oxidation sites excluding steroid dienone is 2. The maximum atomic E-state index is 10.3. The number of hydrogen-bond donors (Lipinski definition) is 1. The van der Waals surface area contributed by atoms with Gasteiger partial charge in [-0.15, -0.1) is 0 Å². The third kappa shape index (κ3) is 19.1. The van der Waals surface area contributed by atoms with E-state index in [4.69, 9.17) is 5.11 Å². The van der Waals surface area contributed by atoms with Crippen molar-refractivity contribution in [3.8, 4) is 0 Å². The predicted molar refractivity (Wildman–Crippen MR) is 68.6 cm³/mol. The van der Waals surface area contributed by atoms with E-state index in [2.05, 4.69) is 19.1 Å². The fourth-order valence-corrected chi connectivity index (χ4v) is 1.63. The summed E-state index contributed by atoms with van der Waals surface area (Å²) in [6.07, 6.45) is 15.4. The molecule has 0 amide bonds. The monoisotopic (exact) mass is 366 g/mol. The van der Waals surface area contributed by atoms with Gasteiger partial charge in [0.2, 0.25) is 0 Å². The van der Waals surface area contributed by atoms with E-state index in [0.29, 0.717) is 6.42 Å². The SMILES string of the molecule is CCCC/C=C\CCCCCCCC(=O)O.[Ce]. The van der Waals surface area contributed by atoms with Crippen LogP contribution in [0.25, 0.3) is 0 Å². The summed E-state index contributed by atoms with van der Waals surface area (Å²) in [6.45, 7) is 2.21. The molecule has 0 saturated heterocycles. The van der Waals surface area contributed by atoms with Gasteiger partial charge in [-0.1, -0.05) is 51.2 Å². The Hall–Kier alpha value is 0.587. The number of carbonyl (C=O) groups is 1. The van der Waals surface area contributed by atoms with Crippen molar-refractivity contribution in [3.05, 3.63) is 12.2 Å². The van der Waals surface area contributed by atoms with Gasteiger partial charge in [0.15, 0.2) is 0 Å². The predicted octanol–water partition coefficient (Wildman–Crippen LogP) is 4.55. The summed E-state index contributed by atoms with van der Waals surface area (Å²) in [5.74, 6) is -0.668.